The number of aliphatic carboxylic acids is 1. The van der Waals surface area contributed by atoms with Crippen LogP contribution in [0.25, 0.3) is 0 Å². The minimum absolute atomic E-state index is 0.0988. The monoisotopic (exact) mass is 513 g/mol. The van der Waals surface area contributed by atoms with E-state index in [-0.39, 0.29) is 24.6 Å². The molecule has 2 fully saturated rings. The molecule has 0 bridgehead atoms. The van der Waals surface area contributed by atoms with Crippen LogP contribution in [0, 0.1) is 11.3 Å². The summed E-state index contributed by atoms with van der Waals surface area (Å²) in [6.07, 6.45) is -3.89. The van der Waals surface area contributed by atoms with Crippen molar-refractivity contribution in [3.63, 3.8) is 0 Å². The highest BCUT2D eigenvalue weighted by atomic mass is 19.4. The number of anilines is 1. The van der Waals surface area contributed by atoms with Crippen molar-refractivity contribution in [1.82, 2.24) is 10.2 Å². The molecular formula is C25H34F3N3O5. The Bertz CT molecular complexity index is 1010. The largest absolute Gasteiger partial charge is 0.479 e. The molecule has 3 N–H and O–H groups in total. The molecule has 3 rings (SSSR count). The Balaban J connectivity index is 1.86. The first-order chi connectivity index (χ1) is 16.6. The van der Waals surface area contributed by atoms with Crippen LogP contribution in [-0.2, 0) is 25.3 Å². The van der Waals surface area contributed by atoms with Gasteiger partial charge in [0.2, 0.25) is 11.8 Å². The summed E-state index contributed by atoms with van der Waals surface area (Å²) >= 11 is 0. The molecule has 1 aliphatic carbocycles. The van der Waals surface area contributed by atoms with E-state index in [4.69, 9.17) is 4.74 Å². The number of benzene rings is 1. The number of hydrogen-bond acceptors (Lipinski definition) is 5. The molecule has 0 aromatic heterocycles. The van der Waals surface area contributed by atoms with Gasteiger partial charge in [0.05, 0.1) is 11.7 Å². The highest BCUT2D eigenvalue weighted by Crippen LogP contribution is 2.46. The molecule has 1 aliphatic heterocycles. The lowest BCUT2D eigenvalue weighted by atomic mass is 9.85. The van der Waals surface area contributed by atoms with Gasteiger partial charge in [-0.1, -0.05) is 40.2 Å². The molecule has 200 valence electrons. The number of halogens is 3. The van der Waals surface area contributed by atoms with Crippen LogP contribution in [0.2, 0.25) is 0 Å². The molecule has 1 saturated carbocycles. The van der Waals surface area contributed by atoms with E-state index >= 15 is 0 Å². The van der Waals surface area contributed by atoms with E-state index in [9.17, 15) is 32.7 Å². The molecule has 0 spiro atoms. The fraction of sp³-hybridized carbons (Fsp3) is 0.640. The smallest absolute Gasteiger partial charge is 0.416 e. The molecule has 36 heavy (non-hydrogen) atoms. The summed E-state index contributed by atoms with van der Waals surface area (Å²) < 4.78 is 45.0. The van der Waals surface area contributed by atoms with Gasteiger partial charge in [0.15, 0.2) is 0 Å². The predicted octanol–water partition coefficient (Wildman–Crippen LogP) is 3.52. The van der Waals surface area contributed by atoms with Gasteiger partial charge in [-0.2, -0.15) is 13.2 Å². The summed E-state index contributed by atoms with van der Waals surface area (Å²) in [5, 5.41) is 15.3. The van der Waals surface area contributed by atoms with Gasteiger partial charge in [0.1, 0.15) is 17.6 Å². The van der Waals surface area contributed by atoms with Crippen LogP contribution in [0.15, 0.2) is 24.3 Å². The number of nitrogens with zero attached hydrogens (tertiary/aromatic N) is 1. The Labute approximate surface area is 208 Å². The van der Waals surface area contributed by atoms with Crippen LogP contribution in [0.4, 0.5) is 18.9 Å². The van der Waals surface area contributed by atoms with E-state index in [1.807, 2.05) is 6.92 Å². The molecule has 5 atom stereocenters. The third-order valence-electron chi connectivity index (χ3n) is 7.12. The zero-order valence-electron chi connectivity index (χ0n) is 21.1. The summed E-state index contributed by atoms with van der Waals surface area (Å²) in [6.45, 7) is 7.25. The van der Waals surface area contributed by atoms with Gasteiger partial charge in [-0.15, -0.1) is 0 Å². The van der Waals surface area contributed by atoms with Crippen molar-refractivity contribution in [2.24, 2.45) is 11.3 Å². The van der Waals surface area contributed by atoms with Gasteiger partial charge >= 0.3 is 12.1 Å². The van der Waals surface area contributed by atoms with Crippen molar-refractivity contribution < 1.29 is 37.4 Å². The maximum Gasteiger partial charge on any atom is 0.416 e. The van der Waals surface area contributed by atoms with Crippen molar-refractivity contribution in [3.05, 3.63) is 29.8 Å². The van der Waals surface area contributed by atoms with Crippen LogP contribution < -0.4 is 10.6 Å². The highest BCUT2D eigenvalue weighted by molar-refractivity contribution is 5.96. The van der Waals surface area contributed by atoms with Crippen molar-refractivity contribution in [1.29, 1.82) is 0 Å². The van der Waals surface area contributed by atoms with E-state index in [2.05, 4.69) is 10.6 Å². The molecule has 1 aromatic rings. The summed E-state index contributed by atoms with van der Waals surface area (Å²) in [5.74, 6) is -2.35. The fourth-order valence-electron chi connectivity index (χ4n) is 4.82. The minimum Gasteiger partial charge on any atom is -0.479 e. The van der Waals surface area contributed by atoms with Crippen molar-refractivity contribution >= 4 is 23.5 Å². The van der Waals surface area contributed by atoms with E-state index in [1.165, 1.54) is 24.1 Å². The zero-order chi connectivity index (χ0) is 27.1. The average Bonchev–Trinajstić information content (AvgIpc) is 3.33. The number of hydrogen-bond donors (Lipinski definition) is 3. The molecule has 1 aromatic carbocycles. The molecule has 2 aliphatic rings. The topological polar surface area (TPSA) is 108 Å². The quantitative estimate of drug-likeness (QED) is 0.491. The zero-order valence-corrected chi connectivity index (χ0v) is 21.1. The number of likely N-dealkylation sites (tertiary alicyclic amines) is 1. The van der Waals surface area contributed by atoms with Gasteiger partial charge < -0.3 is 25.4 Å². The second-order valence-corrected chi connectivity index (χ2v) is 10.7. The SMILES string of the molecule is CC[C@@H]1C[C@]1(NC(=O)[C@@H]1C[C@@H](OC)CN1C(=O)[C@@H](Nc1cccc(C(F)(F)F)c1)C(C)(C)C)C(=O)O. The third kappa shape index (κ3) is 5.61. The van der Waals surface area contributed by atoms with E-state index in [0.29, 0.717) is 12.8 Å². The standard InChI is InChI=1S/C25H34F3N3O5/c1-6-14-12-24(14,22(34)35)30-20(32)18-11-17(36-5)13-31(18)21(33)19(23(2,3)4)29-16-9-7-8-15(10-16)25(26,27)28/h7-10,14,17-19,29H,6,11-13H2,1-5H3,(H,30,32)(H,34,35)/t14-,17-,18+,19-,24-/m1/s1. The van der Waals surface area contributed by atoms with Crippen LogP contribution in [0.3, 0.4) is 0 Å². The van der Waals surface area contributed by atoms with Gasteiger partial charge in [-0.25, -0.2) is 4.79 Å². The Hall–Kier alpha value is -2.82. The maximum atomic E-state index is 13.8. The molecular weight excluding hydrogens is 479 g/mol. The summed E-state index contributed by atoms with van der Waals surface area (Å²) in [5.41, 5.74) is -2.80. The number of carbonyl (C=O) groups is 3. The Morgan fingerprint density at radius 2 is 1.92 bits per heavy atom. The number of methoxy groups -OCH3 is 1. The number of carboxylic acids is 1. The second kappa shape index (κ2) is 9.91. The van der Waals surface area contributed by atoms with Crippen LogP contribution >= 0.6 is 0 Å². The first kappa shape index (κ1) is 27.8. The van der Waals surface area contributed by atoms with Crippen molar-refractivity contribution in [2.75, 3.05) is 19.0 Å². The molecule has 1 saturated heterocycles. The molecule has 0 radical (unpaired) electrons. The van der Waals surface area contributed by atoms with E-state index in [1.54, 1.807) is 20.8 Å². The molecule has 1 heterocycles. The fourth-order valence-corrected chi connectivity index (χ4v) is 4.82. The van der Waals surface area contributed by atoms with E-state index < -0.39 is 58.7 Å². The summed E-state index contributed by atoms with van der Waals surface area (Å²) in [7, 11) is 1.46. The third-order valence-corrected chi connectivity index (χ3v) is 7.12. The van der Waals surface area contributed by atoms with Gasteiger partial charge in [0.25, 0.3) is 0 Å². The van der Waals surface area contributed by atoms with Crippen LogP contribution in [0.5, 0.6) is 0 Å². The van der Waals surface area contributed by atoms with Crippen molar-refractivity contribution in [3.8, 4) is 0 Å². The van der Waals surface area contributed by atoms with Gasteiger partial charge in [-0.05, 0) is 36.0 Å². The number of alkyl halides is 3. The number of amides is 2. The van der Waals surface area contributed by atoms with Gasteiger partial charge in [-0.3, -0.25) is 9.59 Å². The molecule has 0 unspecified atom stereocenters. The van der Waals surface area contributed by atoms with Crippen LogP contribution in [-0.4, -0.2) is 65.2 Å². The Kier molecular flexibility index (Phi) is 7.64. The molecule has 11 heteroatoms. The summed E-state index contributed by atoms with van der Waals surface area (Å²) in [4.78, 5) is 40.3. The molecule has 2 amide bonds. The van der Waals surface area contributed by atoms with E-state index in [0.717, 1.165) is 12.1 Å². The van der Waals surface area contributed by atoms with Crippen molar-refractivity contribution in [2.45, 2.75) is 76.9 Å². The Morgan fingerprint density at radius 1 is 1.25 bits per heavy atom. The lowest BCUT2D eigenvalue weighted by Crippen LogP contribution is -2.56. The van der Waals surface area contributed by atoms with Crippen LogP contribution in [0.1, 0.15) is 52.5 Å². The number of carbonyl (C=O) groups excluding carboxylic acids is 2. The lowest BCUT2D eigenvalue weighted by molar-refractivity contribution is -0.146. The predicted molar refractivity (Wildman–Crippen MR) is 126 cm³/mol. The number of carboxylic acid groups (broad SMARTS) is 1. The highest BCUT2D eigenvalue weighted by Gasteiger charge is 2.61. The number of nitrogens with one attached hydrogen (secondary N) is 2. The number of ether oxygens (including phenoxy) is 1. The minimum atomic E-state index is -4.54. The van der Waals surface area contributed by atoms with Gasteiger partial charge in [0, 0.05) is 25.8 Å². The Morgan fingerprint density at radius 3 is 2.42 bits per heavy atom. The average molecular weight is 514 g/mol. The molecule has 8 nitrogen and oxygen atoms in total. The number of rotatable bonds is 8. The second-order valence-electron chi connectivity index (χ2n) is 10.7. The lowest BCUT2D eigenvalue weighted by Gasteiger charge is -2.36. The normalized spacial score (nSPS) is 26.9. The first-order valence-electron chi connectivity index (χ1n) is 12.0. The summed E-state index contributed by atoms with van der Waals surface area (Å²) in [6, 6.07) is 2.65. The first-order valence-corrected chi connectivity index (χ1v) is 12.0. The maximum absolute atomic E-state index is 13.8.